The number of hydrogen-bond donors (Lipinski definition) is 0. The molecule has 0 unspecified atom stereocenters. The number of benzene rings is 2. The predicted molar refractivity (Wildman–Crippen MR) is 82.9 cm³/mol. The number of ketones is 1. The lowest BCUT2D eigenvalue weighted by molar-refractivity contribution is -0.176. The number of Topliss-reactive ketones (excluding diaryl/α,β-unsaturated/α-hetero) is 1. The van der Waals surface area contributed by atoms with E-state index in [0.717, 1.165) is 0 Å². The second kappa shape index (κ2) is 6.58. The Labute approximate surface area is 133 Å². The van der Waals surface area contributed by atoms with Crippen LogP contribution in [-0.4, -0.2) is 20.0 Å². The number of ether oxygens (including phenoxy) is 2. The molecule has 0 aliphatic carbocycles. The Morgan fingerprint density at radius 3 is 2.19 bits per heavy atom. The zero-order chi connectivity index (χ0) is 15.5. The van der Waals surface area contributed by atoms with E-state index in [1.807, 2.05) is 6.07 Å². The molecule has 0 atom stereocenters. The van der Waals surface area contributed by atoms with Gasteiger partial charge < -0.3 is 9.47 Å². The van der Waals surface area contributed by atoms with Gasteiger partial charge in [0.2, 0.25) is 5.78 Å². The van der Waals surface area contributed by atoms with Crippen LogP contribution in [0.1, 0.15) is 15.9 Å². The highest BCUT2D eigenvalue weighted by Crippen LogP contribution is 2.33. The molecule has 0 aliphatic rings. The van der Waals surface area contributed by atoms with E-state index >= 15 is 0 Å². The molecule has 0 aliphatic heterocycles. The van der Waals surface area contributed by atoms with E-state index in [9.17, 15) is 4.79 Å². The summed E-state index contributed by atoms with van der Waals surface area (Å²) in [6.45, 7) is 0. The van der Waals surface area contributed by atoms with Crippen LogP contribution in [0, 0.1) is 0 Å². The molecule has 3 nitrogen and oxygen atoms in total. The zero-order valence-corrected chi connectivity index (χ0v) is 13.1. The smallest absolute Gasteiger partial charge is 0.260 e. The lowest BCUT2D eigenvalue weighted by atomic mass is 9.95. The Hall–Kier alpha value is -1.39. The highest BCUT2D eigenvalue weighted by Gasteiger charge is 2.42. The summed E-state index contributed by atoms with van der Waals surface area (Å²) >= 11 is 12.1. The molecule has 2 rings (SSSR count). The number of methoxy groups -OCH3 is 2. The predicted octanol–water partition coefficient (Wildman–Crippen LogP) is 4.32. The van der Waals surface area contributed by atoms with Crippen LogP contribution in [0.25, 0.3) is 0 Å². The monoisotopic (exact) mass is 324 g/mol. The van der Waals surface area contributed by atoms with Gasteiger partial charge in [-0.25, -0.2) is 0 Å². The number of halogens is 2. The maximum absolute atomic E-state index is 12.9. The van der Waals surface area contributed by atoms with E-state index in [0.29, 0.717) is 15.6 Å². The molecule has 0 bridgehead atoms. The first-order valence-corrected chi connectivity index (χ1v) is 6.96. The van der Waals surface area contributed by atoms with E-state index in [2.05, 4.69) is 0 Å². The van der Waals surface area contributed by atoms with Crippen molar-refractivity contribution >= 4 is 29.0 Å². The van der Waals surface area contributed by atoms with Gasteiger partial charge in [0.1, 0.15) is 0 Å². The van der Waals surface area contributed by atoms with Crippen LogP contribution >= 0.6 is 23.2 Å². The van der Waals surface area contributed by atoms with Crippen molar-refractivity contribution in [1.29, 1.82) is 0 Å². The molecule has 0 amide bonds. The summed E-state index contributed by atoms with van der Waals surface area (Å²) in [6.07, 6.45) is 0. The second-order valence-electron chi connectivity index (χ2n) is 4.34. The topological polar surface area (TPSA) is 35.5 Å². The molecule has 2 aromatic carbocycles. The van der Waals surface area contributed by atoms with Gasteiger partial charge in [-0.1, -0.05) is 53.5 Å². The van der Waals surface area contributed by atoms with Gasteiger partial charge in [-0.2, -0.15) is 0 Å². The van der Waals surface area contributed by atoms with Gasteiger partial charge in [0.25, 0.3) is 5.79 Å². The van der Waals surface area contributed by atoms with Gasteiger partial charge in [-0.3, -0.25) is 4.79 Å². The Morgan fingerprint density at radius 2 is 1.62 bits per heavy atom. The Morgan fingerprint density at radius 1 is 1.00 bits per heavy atom. The van der Waals surface area contributed by atoms with Crippen molar-refractivity contribution in [2.75, 3.05) is 14.2 Å². The van der Waals surface area contributed by atoms with Crippen molar-refractivity contribution in [3.05, 3.63) is 69.7 Å². The number of carbonyl (C=O) groups is 1. The molecular formula is C16H14Cl2O3. The average molecular weight is 325 g/mol. The third kappa shape index (κ3) is 2.97. The van der Waals surface area contributed by atoms with Crippen LogP contribution in [0.15, 0.2) is 48.5 Å². The minimum atomic E-state index is -1.56. The normalized spacial score (nSPS) is 11.4. The standard InChI is InChI=1S/C16H14Cl2O3/c1-20-16(21-2,11-6-4-3-5-7-11)15(19)13-10-12(17)8-9-14(13)18/h3-10H,1-2H3. The molecule has 0 aromatic heterocycles. The van der Waals surface area contributed by atoms with E-state index in [1.54, 1.807) is 36.4 Å². The van der Waals surface area contributed by atoms with Crippen molar-refractivity contribution < 1.29 is 14.3 Å². The zero-order valence-electron chi connectivity index (χ0n) is 11.6. The molecule has 0 saturated carbocycles. The van der Waals surface area contributed by atoms with Crippen molar-refractivity contribution in [3.8, 4) is 0 Å². The summed E-state index contributed by atoms with van der Waals surface area (Å²) in [5.74, 6) is -1.97. The van der Waals surface area contributed by atoms with Gasteiger partial charge in [-0.15, -0.1) is 0 Å². The van der Waals surface area contributed by atoms with Crippen molar-refractivity contribution in [1.82, 2.24) is 0 Å². The SMILES string of the molecule is COC(OC)(C(=O)c1cc(Cl)ccc1Cl)c1ccccc1. The molecule has 0 fully saturated rings. The molecule has 0 saturated heterocycles. The molecular weight excluding hydrogens is 311 g/mol. The second-order valence-corrected chi connectivity index (χ2v) is 5.19. The first kappa shape index (κ1) is 16.0. The fraction of sp³-hybridized carbons (Fsp3) is 0.188. The van der Waals surface area contributed by atoms with Crippen LogP contribution in [0.3, 0.4) is 0 Å². The van der Waals surface area contributed by atoms with Crippen molar-refractivity contribution in [3.63, 3.8) is 0 Å². The largest absolute Gasteiger partial charge is 0.343 e. The van der Waals surface area contributed by atoms with Gasteiger partial charge in [0, 0.05) is 30.4 Å². The Balaban J connectivity index is 2.57. The van der Waals surface area contributed by atoms with Crippen molar-refractivity contribution in [2.45, 2.75) is 5.79 Å². The van der Waals surface area contributed by atoms with Crippen LogP contribution < -0.4 is 0 Å². The van der Waals surface area contributed by atoms with E-state index in [4.69, 9.17) is 32.7 Å². The lowest BCUT2D eigenvalue weighted by Gasteiger charge is -2.30. The van der Waals surface area contributed by atoms with E-state index in [1.165, 1.54) is 20.3 Å². The average Bonchev–Trinajstić information content (AvgIpc) is 2.52. The third-order valence-corrected chi connectivity index (χ3v) is 3.77. The maximum Gasteiger partial charge on any atom is 0.260 e. The highest BCUT2D eigenvalue weighted by atomic mass is 35.5. The third-order valence-electron chi connectivity index (χ3n) is 3.20. The number of hydrogen-bond acceptors (Lipinski definition) is 3. The summed E-state index contributed by atoms with van der Waals surface area (Å²) in [6, 6.07) is 13.6. The van der Waals surface area contributed by atoms with E-state index in [-0.39, 0.29) is 5.56 Å². The molecule has 0 N–H and O–H groups in total. The molecule has 5 heteroatoms. The Kier molecular flexibility index (Phi) is 5.01. The minimum Gasteiger partial charge on any atom is -0.343 e. The van der Waals surface area contributed by atoms with Crippen molar-refractivity contribution in [2.24, 2.45) is 0 Å². The molecule has 110 valence electrons. The molecule has 0 heterocycles. The summed E-state index contributed by atoms with van der Waals surface area (Å²) in [7, 11) is 2.82. The maximum atomic E-state index is 12.9. The van der Waals surface area contributed by atoms with Gasteiger partial charge in [0.05, 0.1) is 5.02 Å². The van der Waals surface area contributed by atoms with E-state index < -0.39 is 11.6 Å². The summed E-state index contributed by atoms with van der Waals surface area (Å²) in [4.78, 5) is 12.9. The fourth-order valence-corrected chi connectivity index (χ4v) is 2.52. The molecule has 21 heavy (non-hydrogen) atoms. The van der Waals surface area contributed by atoms with Crippen LogP contribution in [0.2, 0.25) is 10.0 Å². The van der Waals surface area contributed by atoms with Crippen LogP contribution in [-0.2, 0) is 15.3 Å². The van der Waals surface area contributed by atoms with Crippen LogP contribution in [0.5, 0.6) is 0 Å². The number of carbonyl (C=O) groups excluding carboxylic acids is 1. The quantitative estimate of drug-likeness (QED) is 0.607. The fourth-order valence-electron chi connectivity index (χ4n) is 2.14. The summed E-state index contributed by atoms with van der Waals surface area (Å²) in [5.41, 5.74) is 0.827. The van der Waals surface area contributed by atoms with Crippen LogP contribution in [0.4, 0.5) is 0 Å². The minimum absolute atomic E-state index is 0.247. The van der Waals surface area contributed by atoms with Gasteiger partial charge in [0.15, 0.2) is 0 Å². The first-order chi connectivity index (χ1) is 10.0. The highest BCUT2D eigenvalue weighted by molar-refractivity contribution is 6.36. The molecule has 0 spiro atoms. The van der Waals surface area contributed by atoms with Gasteiger partial charge in [-0.05, 0) is 18.2 Å². The van der Waals surface area contributed by atoms with Gasteiger partial charge >= 0.3 is 0 Å². The number of rotatable bonds is 5. The summed E-state index contributed by atoms with van der Waals surface area (Å²) < 4.78 is 10.8. The first-order valence-electron chi connectivity index (χ1n) is 6.21. The summed E-state index contributed by atoms with van der Waals surface area (Å²) in [5, 5.41) is 0.704. The molecule has 0 radical (unpaired) electrons. The Bertz CT molecular complexity index is 637. The lowest BCUT2D eigenvalue weighted by Crippen LogP contribution is -2.40. The molecule has 2 aromatic rings.